The van der Waals surface area contributed by atoms with Crippen molar-refractivity contribution in [2.45, 2.75) is 20.4 Å². The number of nitrogens with zero attached hydrogens (tertiary/aromatic N) is 1. The molecule has 0 spiro atoms. The number of ether oxygens (including phenoxy) is 1. The largest absolute Gasteiger partial charge is 0.500 e. The minimum atomic E-state index is -0.0645. The Labute approximate surface area is 108 Å². The van der Waals surface area contributed by atoms with Gasteiger partial charge in [-0.2, -0.15) is 0 Å². The molecule has 1 amide bonds. The highest BCUT2D eigenvalue weighted by atomic mass is 16.5. The normalized spacial score (nSPS) is 11.8. The fourth-order valence-corrected chi connectivity index (χ4v) is 1.51. The van der Waals surface area contributed by atoms with Gasteiger partial charge in [0.25, 0.3) is 0 Å². The number of furan rings is 1. The third-order valence-corrected chi connectivity index (χ3v) is 2.48. The quantitative estimate of drug-likeness (QED) is 0.575. The van der Waals surface area contributed by atoms with Crippen LogP contribution in [0.3, 0.4) is 0 Å². The van der Waals surface area contributed by atoms with E-state index >= 15 is 0 Å². The van der Waals surface area contributed by atoms with Gasteiger partial charge in [-0.25, -0.2) is 0 Å². The van der Waals surface area contributed by atoms with Crippen molar-refractivity contribution in [3.63, 3.8) is 0 Å². The molecular weight excluding hydrogens is 230 g/mol. The Kier molecular flexibility index (Phi) is 5.77. The standard InChI is InChI=1S/C14H19NO3/c1-4-7-14(16)15(10-12(5-2)17-3)11-13-8-6-9-18-13/h4-9H,10-11H2,1-3H3/b7-4+,12-5-. The van der Waals surface area contributed by atoms with Crippen molar-refractivity contribution in [3.05, 3.63) is 48.1 Å². The Balaban J connectivity index is 2.77. The Morgan fingerprint density at radius 1 is 1.50 bits per heavy atom. The van der Waals surface area contributed by atoms with Crippen LogP contribution >= 0.6 is 0 Å². The van der Waals surface area contributed by atoms with E-state index in [1.807, 2.05) is 26.0 Å². The summed E-state index contributed by atoms with van der Waals surface area (Å²) in [6.07, 6.45) is 6.70. The van der Waals surface area contributed by atoms with Gasteiger partial charge < -0.3 is 14.1 Å². The first-order valence-electron chi connectivity index (χ1n) is 5.84. The number of hydrogen-bond acceptors (Lipinski definition) is 3. The van der Waals surface area contributed by atoms with E-state index in [0.717, 1.165) is 11.5 Å². The highest BCUT2D eigenvalue weighted by molar-refractivity contribution is 5.87. The maximum atomic E-state index is 12.0. The lowest BCUT2D eigenvalue weighted by molar-refractivity contribution is -0.126. The number of rotatable bonds is 6. The third-order valence-electron chi connectivity index (χ3n) is 2.48. The number of methoxy groups -OCH3 is 1. The Morgan fingerprint density at radius 2 is 2.28 bits per heavy atom. The van der Waals surface area contributed by atoms with Crippen LogP contribution in [0.15, 0.2) is 46.8 Å². The van der Waals surface area contributed by atoms with Gasteiger partial charge in [0.15, 0.2) is 0 Å². The van der Waals surface area contributed by atoms with Gasteiger partial charge in [0.05, 0.1) is 26.5 Å². The van der Waals surface area contributed by atoms with Gasteiger partial charge in [0.2, 0.25) is 5.91 Å². The van der Waals surface area contributed by atoms with Gasteiger partial charge in [-0.1, -0.05) is 6.08 Å². The van der Waals surface area contributed by atoms with Crippen molar-refractivity contribution in [1.29, 1.82) is 0 Å². The van der Waals surface area contributed by atoms with Gasteiger partial charge >= 0.3 is 0 Å². The molecule has 0 fully saturated rings. The molecule has 0 saturated heterocycles. The first kappa shape index (κ1) is 14.1. The van der Waals surface area contributed by atoms with E-state index in [-0.39, 0.29) is 5.91 Å². The summed E-state index contributed by atoms with van der Waals surface area (Å²) >= 11 is 0. The zero-order valence-electron chi connectivity index (χ0n) is 11.1. The van der Waals surface area contributed by atoms with Crippen LogP contribution in [-0.4, -0.2) is 24.5 Å². The minimum absolute atomic E-state index is 0.0645. The summed E-state index contributed by atoms with van der Waals surface area (Å²) in [6.45, 7) is 4.55. The predicted octanol–water partition coefficient (Wildman–Crippen LogP) is 2.73. The van der Waals surface area contributed by atoms with E-state index in [2.05, 4.69) is 0 Å². The molecule has 1 heterocycles. The molecule has 0 aliphatic heterocycles. The molecule has 1 aromatic rings. The number of allylic oxidation sites excluding steroid dienone is 2. The molecule has 0 N–H and O–H groups in total. The lowest BCUT2D eigenvalue weighted by atomic mass is 10.3. The maximum Gasteiger partial charge on any atom is 0.247 e. The first-order chi connectivity index (χ1) is 8.71. The molecule has 1 aromatic heterocycles. The predicted molar refractivity (Wildman–Crippen MR) is 69.7 cm³/mol. The fourth-order valence-electron chi connectivity index (χ4n) is 1.51. The number of carbonyl (C=O) groups is 1. The maximum absolute atomic E-state index is 12.0. The molecule has 4 heteroatoms. The summed E-state index contributed by atoms with van der Waals surface area (Å²) in [5.74, 6) is 1.43. The van der Waals surface area contributed by atoms with E-state index in [4.69, 9.17) is 9.15 Å². The molecule has 0 unspecified atom stereocenters. The lowest BCUT2D eigenvalue weighted by Gasteiger charge is -2.21. The molecule has 18 heavy (non-hydrogen) atoms. The smallest absolute Gasteiger partial charge is 0.247 e. The van der Waals surface area contributed by atoms with Crippen LogP contribution in [0.2, 0.25) is 0 Å². The SMILES string of the molecule is C/C=C(/CN(Cc1ccco1)C(=O)/C=C/C)OC. The van der Waals surface area contributed by atoms with Gasteiger partial charge in [-0.15, -0.1) is 0 Å². The van der Waals surface area contributed by atoms with Crippen LogP contribution in [0.25, 0.3) is 0 Å². The highest BCUT2D eigenvalue weighted by Crippen LogP contribution is 2.09. The van der Waals surface area contributed by atoms with E-state index in [1.54, 1.807) is 30.4 Å². The molecule has 0 aliphatic rings. The van der Waals surface area contributed by atoms with E-state index in [9.17, 15) is 4.79 Å². The number of carbonyl (C=O) groups excluding carboxylic acids is 1. The van der Waals surface area contributed by atoms with Crippen molar-refractivity contribution >= 4 is 5.91 Å². The second-order valence-corrected chi connectivity index (χ2v) is 3.73. The van der Waals surface area contributed by atoms with E-state index < -0.39 is 0 Å². The van der Waals surface area contributed by atoms with Gasteiger partial charge in [-0.3, -0.25) is 4.79 Å². The topological polar surface area (TPSA) is 42.7 Å². The molecule has 0 aliphatic carbocycles. The highest BCUT2D eigenvalue weighted by Gasteiger charge is 2.14. The molecule has 0 aromatic carbocycles. The van der Waals surface area contributed by atoms with Crippen LogP contribution in [0, 0.1) is 0 Å². The molecule has 0 radical (unpaired) electrons. The van der Waals surface area contributed by atoms with Crippen molar-refractivity contribution in [1.82, 2.24) is 4.90 Å². The van der Waals surface area contributed by atoms with Crippen LogP contribution in [0.5, 0.6) is 0 Å². The summed E-state index contributed by atoms with van der Waals surface area (Å²) in [5.41, 5.74) is 0. The summed E-state index contributed by atoms with van der Waals surface area (Å²) < 4.78 is 10.5. The third kappa shape index (κ3) is 4.13. The number of hydrogen-bond donors (Lipinski definition) is 0. The molecule has 4 nitrogen and oxygen atoms in total. The molecule has 98 valence electrons. The summed E-state index contributed by atoms with van der Waals surface area (Å²) in [5, 5.41) is 0. The van der Waals surface area contributed by atoms with Gasteiger partial charge in [-0.05, 0) is 38.1 Å². The average Bonchev–Trinajstić information content (AvgIpc) is 2.87. The van der Waals surface area contributed by atoms with Crippen molar-refractivity contribution in [3.8, 4) is 0 Å². The molecule has 0 bridgehead atoms. The van der Waals surface area contributed by atoms with Crippen molar-refractivity contribution in [2.24, 2.45) is 0 Å². The summed E-state index contributed by atoms with van der Waals surface area (Å²) in [6, 6.07) is 3.65. The minimum Gasteiger partial charge on any atom is -0.500 e. The van der Waals surface area contributed by atoms with E-state index in [0.29, 0.717) is 13.1 Å². The molecule has 0 atom stereocenters. The Hall–Kier alpha value is -1.97. The van der Waals surface area contributed by atoms with Crippen molar-refractivity contribution in [2.75, 3.05) is 13.7 Å². The summed E-state index contributed by atoms with van der Waals surface area (Å²) in [7, 11) is 1.60. The van der Waals surface area contributed by atoms with Gasteiger partial charge in [0.1, 0.15) is 11.5 Å². The average molecular weight is 249 g/mol. The zero-order valence-corrected chi connectivity index (χ0v) is 11.1. The Bertz CT molecular complexity index is 418. The Morgan fingerprint density at radius 3 is 2.78 bits per heavy atom. The van der Waals surface area contributed by atoms with E-state index in [1.165, 1.54) is 6.08 Å². The summed E-state index contributed by atoms with van der Waals surface area (Å²) in [4.78, 5) is 13.6. The second-order valence-electron chi connectivity index (χ2n) is 3.73. The van der Waals surface area contributed by atoms with Crippen LogP contribution in [0.1, 0.15) is 19.6 Å². The molecule has 1 rings (SSSR count). The van der Waals surface area contributed by atoms with Gasteiger partial charge in [0, 0.05) is 0 Å². The fraction of sp³-hybridized carbons (Fsp3) is 0.357. The lowest BCUT2D eigenvalue weighted by Crippen LogP contribution is -2.31. The number of amides is 1. The second kappa shape index (κ2) is 7.37. The monoisotopic (exact) mass is 249 g/mol. The van der Waals surface area contributed by atoms with Crippen LogP contribution in [-0.2, 0) is 16.1 Å². The van der Waals surface area contributed by atoms with Crippen LogP contribution in [0.4, 0.5) is 0 Å². The van der Waals surface area contributed by atoms with Crippen LogP contribution < -0.4 is 0 Å². The molecule has 0 saturated carbocycles. The molecular formula is C14H19NO3. The first-order valence-corrected chi connectivity index (χ1v) is 5.84. The zero-order chi connectivity index (χ0) is 13.4. The van der Waals surface area contributed by atoms with Crippen molar-refractivity contribution < 1.29 is 13.9 Å².